The third-order valence-electron chi connectivity index (χ3n) is 5.69. The number of anilines is 2. The van der Waals surface area contributed by atoms with E-state index in [2.05, 4.69) is 37.6 Å². The molecule has 0 aliphatic heterocycles. The fourth-order valence-electron chi connectivity index (χ4n) is 4.03. The summed E-state index contributed by atoms with van der Waals surface area (Å²) in [6.45, 7) is 6.93. The minimum atomic E-state index is -4.77. The monoisotopic (exact) mass is 541 g/mol. The number of aromatic nitrogens is 5. The number of alkyl halides is 3. The number of rotatable bonds is 9. The van der Waals surface area contributed by atoms with E-state index in [1.807, 2.05) is 0 Å². The SMILES string of the molecule is C=CNCC(C)NC(=O)c1c(C)cc(Nc2nccn3c(-c4cn(CC#N)nc4C(F)(F)F)cnc23)cc1F. The summed E-state index contributed by atoms with van der Waals surface area (Å²) in [6, 6.07) is 4.15. The summed E-state index contributed by atoms with van der Waals surface area (Å²) in [4.78, 5) is 21.0. The van der Waals surface area contributed by atoms with E-state index in [9.17, 15) is 18.0 Å². The van der Waals surface area contributed by atoms with Crippen LogP contribution in [0.4, 0.5) is 29.1 Å². The van der Waals surface area contributed by atoms with Crippen LogP contribution in [-0.2, 0) is 12.7 Å². The van der Waals surface area contributed by atoms with Crippen molar-refractivity contribution in [3.63, 3.8) is 0 Å². The highest BCUT2D eigenvalue weighted by Crippen LogP contribution is 2.37. The van der Waals surface area contributed by atoms with Crippen LogP contribution in [-0.4, -0.2) is 42.6 Å². The molecule has 14 heteroatoms. The number of nitrogens with one attached hydrogen (secondary N) is 3. The lowest BCUT2D eigenvalue weighted by Crippen LogP contribution is -2.39. The average molecular weight is 542 g/mol. The predicted octanol–water partition coefficient (Wildman–Crippen LogP) is 4.18. The van der Waals surface area contributed by atoms with Crippen molar-refractivity contribution in [2.24, 2.45) is 0 Å². The lowest BCUT2D eigenvalue weighted by atomic mass is 10.1. The number of benzene rings is 1. The minimum Gasteiger partial charge on any atom is -0.389 e. The molecule has 0 bridgehead atoms. The zero-order valence-electron chi connectivity index (χ0n) is 20.8. The molecule has 4 rings (SSSR count). The highest BCUT2D eigenvalue weighted by molar-refractivity contribution is 5.96. The molecule has 3 N–H and O–H groups in total. The molecule has 1 aromatic carbocycles. The molecule has 202 valence electrons. The van der Waals surface area contributed by atoms with E-state index in [1.54, 1.807) is 26.0 Å². The average Bonchev–Trinajstić information content (AvgIpc) is 3.47. The van der Waals surface area contributed by atoms with Crippen LogP contribution in [0.2, 0.25) is 0 Å². The van der Waals surface area contributed by atoms with Gasteiger partial charge >= 0.3 is 6.18 Å². The molecule has 0 radical (unpaired) electrons. The van der Waals surface area contributed by atoms with E-state index in [4.69, 9.17) is 5.26 Å². The normalized spacial score (nSPS) is 12.1. The molecule has 3 aromatic heterocycles. The van der Waals surface area contributed by atoms with E-state index in [-0.39, 0.29) is 46.6 Å². The van der Waals surface area contributed by atoms with Crippen molar-refractivity contribution >= 4 is 23.1 Å². The molecule has 0 saturated carbocycles. The lowest BCUT2D eigenvalue weighted by Gasteiger charge is -2.16. The van der Waals surface area contributed by atoms with Crippen LogP contribution in [0.25, 0.3) is 16.9 Å². The van der Waals surface area contributed by atoms with Gasteiger partial charge in [0, 0.05) is 36.9 Å². The number of halogens is 4. The summed E-state index contributed by atoms with van der Waals surface area (Å²) >= 11 is 0. The molecule has 0 spiro atoms. The van der Waals surface area contributed by atoms with Gasteiger partial charge in [-0.25, -0.2) is 14.4 Å². The lowest BCUT2D eigenvalue weighted by molar-refractivity contribution is -0.141. The van der Waals surface area contributed by atoms with Crippen LogP contribution >= 0.6 is 0 Å². The van der Waals surface area contributed by atoms with E-state index in [0.29, 0.717) is 12.1 Å². The fraction of sp³-hybridized carbons (Fsp3) is 0.240. The van der Waals surface area contributed by atoms with Crippen molar-refractivity contribution in [3.8, 4) is 17.3 Å². The van der Waals surface area contributed by atoms with Gasteiger partial charge < -0.3 is 16.0 Å². The van der Waals surface area contributed by atoms with Gasteiger partial charge in [-0.2, -0.15) is 23.5 Å². The topological polar surface area (TPSA) is 125 Å². The first-order chi connectivity index (χ1) is 18.5. The van der Waals surface area contributed by atoms with Gasteiger partial charge in [-0.05, 0) is 37.7 Å². The maximum atomic E-state index is 15.0. The molecule has 0 aliphatic carbocycles. The van der Waals surface area contributed by atoms with Crippen molar-refractivity contribution in [2.75, 3.05) is 11.9 Å². The Morgan fingerprint density at radius 1 is 1.31 bits per heavy atom. The maximum Gasteiger partial charge on any atom is 0.435 e. The highest BCUT2D eigenvalue weighted by atomic mass is 19.4. The Morgan fingerprint density at radius 2 is 2.08 bits per heavy atom. The first-order valence-electron chi connectivity index (χ1n) is 11.6. The third kappa shape index (κ3) is 5.66. The standard InChI is InChI=1S/C25H23F4N9O/c1-4-31-11-15(3)34-24(39)20-14(2)9-16(10-18(20)26)35-22-23-33-12-19(38(23)8-6-32-22)17-13-37(7-5-30)36-21(17)25(27,28)29/h4,6,8-10,12-13,15,31H,1,7,11H2,2-3H3,(H,32,35)(H,34,39). The van der Waals surface area contributed by atoms with E-state index in [0.717, 1.165) is 16.9 Å². The molecule has 0 fully saturated rings. The van der Waals surface area contributed by atoms with Crippen LogP contribution < -0.4 is 16.0 Å². The molecule has 4 aromatic rings. The van der Waals surface area contributed by atoms with Gasteiger partial charge in [0.15, 0.2) is 17.2 Å². The number of aryl methyl sites for hydroxylation is 1. The minimum absolute atomic E-state index is 0.0707. The Hall–Kier alpha value is -4.93. The molecule has 0 aliphatic rings. The van der Waals surface area contributed by atoms with Crippen molar-refractivity contribution in [1.82, 2.24) is 34.8 Å². The van der Waals surface area contributed by atoms with Crippen molar-refractivity contribution < 1.29 is 22.4 Å². The number of hydrogen-bond acceptors (Lipinski definition) is 7. The van der Waals surface area contributed by atoms with E-state index < -0.39 is 23.6 Å². The van der Waals surface area contributed by atoms with Gasteiger partial charge in [-0.1, -0.05) is 6.58 Å². The van der Waals surface area contributed by atoms with Gasteiger partial charge in [0.1, 0.15) is 12.4 Å². The molecule has 1 atom stereocenters. The molecule has 3 heterocycles. The number of fused-ring (bicyclic) bond motifs is 1. The summed E-state index contributed by atoms with van der Waals surface area (Å²) in [7, 11) is 0. The molecule has 0 saturated heterocycles. The summed E-state index contributed by atoms with van der Waals surface area (Å²) in [6.07, 6.45) is 1.84. The van der Waals surface area contributed by atoms with Crippen molar-refractivity contribution in [2.45, 2.75) is 32.6 Å². The second kappa shape index (κ2) is 10.8. The number of amides is 1. The molecular weight excluding hydrogens is 518 g/mol. The van der Waals surface area contributed by atoms with Crippen LogP contribution in [0, 0.1) is 24.1 Å². The molecule has 39 heavy (non-hydrogen) atoms. The molecule has 1 amide bonds. The zero-order chi connectivity index (χ0) is 28.3. The van der Waals surface area contributed by atoms with Gasteiger partial charge in [0.25, 0.3) is 5.91 Å². The second-order valence-corrected chi connectivity index (χ2v) is 8.62. The molecule has 1 unspecified atom stereocenters. The molecular formula is C25H23F4N9O. The van der Waals surface area contributed by atoms with E-state index in [1.165, 1.54) is 29.2 Å². The van der Waals surface area contributed by atoms with Crippen LogP contribution in [0.5, 0.6) is 0 Å². The number of carbonyl (C=O) groups is 1. The van der Waals surface area contributed by atoms with Crippen molar-refractivity contribution in [1.29, 1.82) is 5.26 Å². The number of hydrogen-bond donors (Lipinski definition) is 3. The summed E-state index contributed by atoms with van der Waals surface area (Å²) in [5.74, 6) is -1.21. The van der Waals surface area contributed by atoms with Crippen LogP contribution in [0.1, 0.15) is 28.5 Å². The van der Waals surface area contributed by atoms with Gasteiger partial charge in [0.05, 0.1) is 29.1 Å². The predicted molar refractivity (Wildman–Crippen MR) is 134 cm³/mol. The smallest absolute Gasteiger partial charge is 0.389 e. The number of nitrogens with zero attached hydrogens (tertiary/aromatic N) is 6. The van der Waals surface area contributed by atoms with Crippen LogP contribution in [0.3, 0.4) is 0 Å². The fourth-order valence-corrected chi connectivity index (χ4v) is 4.03. The Morgan fingerprint density at radius 3 is 2.74 bits per heavy atom. The summed E-state index contributed by atoms with van der Waals surface area (Å²) in [5.41, 5.74) is -0.697. The largest absolute Gasteiger partial charge is 0.435 e. The Labute approximate surface area is 220 Å². The summed E-state index contributed by atoms with van der Waals surface area (Å²) < 4.78 is 58.3. The quantitative estimate of drug-likeness (QED) is 0.272. The third-order valence-corrected chi connectivity index (χ3v) is 5.69. The number of carbonyl (C=O) groups excluding carboxylic acids is 1. The Balaban J connectivity index is 1.66. The maximum absolute atomic E-state index is 15.0. The first kappa shape index (κ1) is 27.1. The van der Waals surface area contributed by atoms with Gasteiger partial charge in [0.2, 0.25) is 0 Å². The van der Waals surface area contributed by atoms with Gasteiger partial charge in [-0.15, -0.1) is 0 Å². The van der Waals surface area contributed by atoms with Crippen LogP contribution in [0.15, 0.2) is 49.7 Å². The number of nitriles is 1. The Kier molecular flexibility index (Phi) is 7.52. The zero-order valence-corrected chi connectivity index (χ0v) is 20.8. The van der Waals surface area contributed by atoms with E-state index >= 15 is 4.39 Å². The first-order valence-corrected chi connectivity index (χ1v) is 11.6. The second-order valence-electron chi connectivity index (χ2n) is 8.62. The van der Waals surface area contributed by atoms with Crippen molar-refractivity contribution in [3.05, 3.63) is 72.3 Å². The van der Waals surface area contributed by atoms with Gasteiger partial charge in [-0.3, -0.25) is 13.9 Å². The highest BCUT2D eigenvalue weighted by Gasteiger charge is 2.38. The number of imidazole rings is 1. The molecule has 10 nitrogen and oxygen atoms in total. The Bertz CT molecular complexity index is 1560. The summed E-state index contributed by atoms with van der Waals surface area (Å²) in [5, 5.41) is 20.9.